The van der Waals surface area contributed by atoms with Gasteiger partial charge in [-0.2, -0.15) is 0 Å². The summed E-state index contributed by atoms with van der Waals surface area (Å²) < 4.78 is 29.6. The molecule has 2 aromatic carbocycles. The van der Waals surface area contributed by atoms with Crippen molar-refractivity contribution in [3.63, 3.8) is 0 Å². The van der Waals surface area contributed by atoms with E-state index < -0.39 is 5.82 Å². The topological polar surface area (TPSA) is 61.8 Å². The molecule has 0 spiro atoms. The molecule has 1 aliphatic rings. The fraction of sp³-hybridized carbons (Fsp3) is 0.238. The van der Waals surface area contributed by atoms with Crippen molar-refractivity contribution in [3.05, 3.63) is 64.0 Å². The van der Waals surface area contributed by atoms with Crippen LogP contribution in [0.2, 0.25) is 0 Å². The molecule has 0 fully saturated rings. The third-order valence-electron chi connectivity index (χ3n) is 4.64. The van der Waals surface area contributed by atoms with Gasteiger partial charge in [0.25, 0.3) is 0 Å². The smallest absolute Gasteiger partial charge is 0.203 e. The standard InChI is InChI=1S/C21H19FO5/c1-11-15(20(24)16-10-13(22)5-6-14(16)19(11)23)7-12-8-17(25-2)21(27-4)18(9-12)26-3/h5-6,8-10H,7H2,1-4H3. The van der Waals surface area contributed by atoms with E-state index in [0.29, 0.717) is 34.0 Å². The molecule has 0 heterocycles. The highest BCUT2D eigenvalue weighted by Crippen LogP contribution is 2.39. The molecule has 0 radical (unpaired) electrons. The average molecular weight is 370 g/mol. The SMILES string of the molecule is COc1cc(CC2=C(C)C(=O)c3ccc(F)cc3C2=O)cc(OC)c1OC. The lowest BCUT2D eigenvalue weighted by Crippen LogP contribution is -2.22. The summed E-state index contributed by atoms with van der Waals surface area (Å²) >= 11 is 0. The van der Waals surface area contributed by atoms with Crippen LogP contribution in [0.25, 0.3) is 0 Å². The van der Waals surface area contributed by atoms with E-state index in [-0.39, 0.29) is 29.1 Å². The summed E-state index contributed by atoms with van der Waals surface area (Å²) in [6.07, 6.45) is 0.184. The second-order valence-corrected chi connectivity index (χ2v) is 6.16. The Morgan fingerprint density at radius 1 is 0.852 bits per heavy atom. The Hall–Kier alpha value is -3.15. The molecule has 0 aromatic heterocycles. The molecule has 2 aromatic rings. The van der Waals surface area contributed by atoms with Crippen LogP contribution in [0.4, 0.5) is 4.39 Å². The molecule has 0 aliphatic heterocycles. The number of benzene rings is 2. The van der Waals surface area contributed by atoms with Crippen LogP contribution in [0.1, 0.15) is 33.2 Å². The minimum atomic E-state index is -0.554. The van der Waals surface area contributed by atoms with E-state index in [1.165, 1.54) is 33.5 Å². The van der Waals surface area contributed by atoms with Crippen LogP contribution >= 0.6 is 0 Å². The lowest BCUT2D eigenvalue weighted by atomic mass is 9.82. The van der Waals surface area contributed by atoms with Crippen molar-refractivity contribution in [2.75, 3.05) is 21.3 Å². The highest BCUT2D eigenvalue weighted by atomic mass is 19.1. The summed E-state index contributed by atoms with van der Waals surface area (Å²) in [7, 11) is 4.50. The van der Waals surface area contributed by atoms with Gasteiger partial charge in [0.15, 0.2) is 23.1 Å². The molecule has 5 nitrogen and oxygen atoms in total. The van der Waals surface area contributed by atoms with E-state index in [1.54, 1.807) is 19.1 Å². The molecule has 6 heteroatoms. The Balaban J connectivity index is 2.06. The van der Waals surface area contributed by atoms with E-state index in [4.69, 9.17) is 14.2 Å². The van der Waals surface area contributed by atoms with Crippen LogP contribution in [-0.4, -0.2) is 32.9 Å². The normalized spacial score (nSPS) is 13.5. The number of rotatable bonds is 5. The molecule has 1 aliphatic carbocycles. The summed E-state index contributed by atoms with van der Waals surface area (Å²) in [6.45, 7) is 1.61. The molecular weight excluding hydrogens is 351 g/mol. The third-order valence-corrected chi connectivity index (χ3v) is 4.64. The molecule has 0 saturated heterocycles. The monoisotopic (exact) mass is 370 g/mol. The molecule has 0 saturated carbocycles. The van der Waals surface area contributed by atoms with E-state index >= 15 is 0 Å². The van der Waals surface area contributed by atoms with Gasteiger partial charge in [0.2, 0.25) is 5.75 Å². The minimum Gasteiger partial charge on any atom is -0.493 e. The number of halogens is 1. The second-order valence-electron chi connectivity index (χ2n) is 6.16. The molecule has 0 N–H and O–H groups in total. The van der Waals surface area contributed by atoms with Crippen LogP contribution in [0, 0.1) is 5.82 Å². The first-order valence-corrected chi connectivity index (χ1v) is 8.28. The van der Waals surface area contributed by atoms with Gasteiger partial charge in [0.05, 0.1) is 21.3 Å². The van der Waals surface area contributed by atoms with Crippen LogP contribution in [-0.2, 0) is 6.42 Å². The number of ether oxygens (including phenoxy) is 3. The molecule has 3 rings (SSSR count). The van der Waals surface area contributed by atoms with E-state index in [0.717, 1.165) is 6.07 Å². The van der Waals surface area contributed by atoms with Gasteiger partial charge in [-0.1, -0.05) is 0 Å². The maximum atomic E-state index is 13.6. The number of hydrogen-bond acceptors (Lipinski definition) is 5. The number of carbonyl (C=O) groups is 2. The number of ketones is 2. The van der Waals surface area contributed by atoms with Crippen molar-refractivity contribution in [1.82, 2.24) is 0 Å². The quantitative estimate of drug-likeness (QED) is 0.801. The van der Waals surface area contributed by atoms with Crippen molar-refractivity contribution in [1.29, 1.82) is 0 Å². The second kappa shape index (κ2) is 7.23. The first kappa shape index (κ1) is 18.6. The lowest BCUT2D eigenvalue weighted by Gasteiger charge is -2.20. The molecule has 0 unspecified atom stereocenters. The zero-order chi connectivity index (χ0) is 19.7. The first-order chi connectivity index (χ1) is 12.9. The maximum Gasteiger partial charge on any atom is 0.203 e. The number of fused-ring (bicyclic) bond motifs is 1. The average Bonchev–Trinajstić information content (AvgIpc) is 2.68. The predicted octanol–water partition coefficient (Wildman–Crippen LogP) is 3.79. The van der Waals surface area contributed by atoms with Gasteiger partial charge in [-0.3, -0.25) is 9.59 Å². The Morgan fingerprint density at radius 3 is 2.04 bits per heavy atom. The number of carbonyl (C=O) groups excluding carboxylic acids is 2. The van der Waals surface area contributed by atoms with Gasteiger partial charge in [0, 0.05) is 28.7 Å². The zero-order valence-corrected chi connectivity index (χ0v) is 15.5. The Labute approximate surface area is 156 Å². The van der Waals surface area contributed by atoms with E-state index in [1.807, 2.05) is 0 Å². The van der Waals surface area contributed by atoms with Crippen molar-refractivity contribution in [2.24, 2.45) is 0 Å². The van der Waals surface area contributed by atoms with E-state index in [9.17, 15) is 14.0 Å². The summed E-state index contributed by atoms with van der Waals surface area (Å²) in [5.74, 6) is 0.161. The molecule has 0 bridgehead atoms. The number of methoxy groups -OCH3 is 3. The van der Waals surface area contributed by atoms with Gasteiger partial charge in [-0.05, 0) is 42.8 Å². The zero-order valence-electron chi connectivity index (χ0n) is 15.5. The van der Waals surface area contributed by atoms with Crippen molar-refractivity contribution in [3.8, 4) is 17.2 Å². The minimum absolute atomic E-state index is 0.0908. The Bertz CT molecular complexity index is 950. The van der Waals surface area contributed by atoms with Crippen LogP contribution < -0.4 is 14.2 Å². The van der Waals surface area contributed by atoms with Gasteiger partial charge < -0.3 is 14.2 Å². The molecule has 0 atom stereocenters. The summed E-state index contributed by atoms with van der Waals surface area (Å²) in [4.78, 5) is 25.5. The van der Waals surface area contributed by atoms with Gasteiger partial charge in [-0.15, -0.1) is 0 Å². The highest BCUT2D eigenvalue weighted by Gasteiger charge is 2.30. The first-order valence-electron chi connectivity index (χ1n) is 8.28. The fourth-order valence-corrected chi connectivity index (χ4v) is 3.23. The van der Waals surface area contributed by atoms with Crippen molar-refractivity contribution in [2.45, 2.75) is 13.3 Å². The molecule has 140 valence electrons. The Kier molecular flexibility index (Phi) is 4.99. The highest BCUT2D eigenvalue weighted by molar-refractivity contribution is 6.26. The number of Topliss-reactive ketones (excluding diaryl/α,β-unsaturated/α-hetero) is 2. The van der Waals surface area contributed by atoms with Gasteiger partial charge in [-0.25, -0.2) is 4.39 Å². The summed E-state index contributed by atoms with van der Waals surface area (Å²) in [5, 5.41) is 0. The number of hydrogen-bond donors (Lipinski definition) is 0. The maximum absolute atomic E-state index is 13.6. The van der Waals surface area contributed by atoms with Gasteiger partial charge in [0.1, 0.15) is 5.82 Å². The summed E-state index contributed by atoms with van der Waals surface area (Å²) in [5.41, 5.74) is 1.71. The fourth-order valence-electron chi connectivity index (χ4n) is 3.23. The molecule has 27 heavy (non-hydrogen) atoms. The van der Waals surface area contributed by atoms with Crippen molar-refractivity contribution < 1.29 is 28.2 Å². The number of allylic oxidation sites excluding steroid dienone is 2. The van der Waals surface area contributed by atoms with Crippen molar-refractivity contribution >= 4 is 11.6 Å². The predicted molar refractivity (Wildman–Crippen MR) is 97.6 cm³/mol. The largest absolute Gasteiger partial charge is 0.493 e. The van der Waals surface area contributed by atoms with Gasteiger partial charge >= 0.3 is 0 Å². The van der Waals surface area contributed by atoms with Crippen LogP contribution in [0.3, 0.4) is 0 Å². The summed E-state index contributed by atoms with van der Waals surface area (Å²) in [6, 6.07) is 7.09. The molecular formula is C21H19FO5. The van der Waals surface area contributed by atoms with E-state index in [2.05, 4.69) is 0 Å². The Morgan fingerprint density at radius 2 is 1.48 bits per heavy atom. The molecule has 0 amide bonds. The van der Waals surface area contributed by atoms with Crippen LogP contribution in [0.5, 0.6) is 17.2 Å². The third kappa shape index (κ3) is 3.18. The van der Waals surface area contributed by atoms with Crippen LogP contribution in [0.15, 0.2) is 41.5 Å². The lowest BCUT2D eigenvalue weighted by molar-refractivity contribution is 0.0972.